The summed E-state index contributed by atoms with van der Waals surface area (Å²) in [7, 11) is 0. The third-order valence-electron chi connectivity index (χ3n) is 0.930. The van der Waals surface area contributed by atoms with Crippen LogP contribution in [0.15, 0.2) is 0 Å². The van der Waals surface area contributed by atoms with Crippen molar-refractivity contribution in [2.45, 2.75) is 13.0 Å². The molecule has 5 nitrogen and oxygen atoms in total. The predicted octanol–water partition coefficient (Wildman–Crippen LogP) is -0.444. The zero-order valence-corrected chi connectivity index (χ0v) is 6.72. The molecule has 0 spiro atoms. The number of halogens is 1. The lowest BCUT2D eigenvalue weighted by molar-refractivity contribution is -0.139. The predicted molar refractivity (Wildman–Crippen MR) is 40.0 cm³/mol. The molecule has 1 atom stereocenters. The fraction of sp³-hybridized carbons (Fsp3) is 0.600. The molecule has 0 rings (SSSR count). The second-order valence-electron chi connectivity index (χ2n) is 1.83. The van der Waals surface area contributed by atoms with Crippen molar-refractivity contribution in [1.29, 1.82) is 0 Å². The van der Waals surface area contributed by atoms with Crippen LogP contribution in [-0.4, -0.2) is 34.7 Å². The van der Waals surface area contributed by atoms with Gasteiger partial charge in [-0.05, 0) is 6.92 Å². The van der Waals surface area contributed by atoms with Crippen LogP contribution in [0.3, 0.4) is 0 Å². The molecule has 0 aliphatic rings. The van der Waals surface area contributed by atoms with Gasteiger partial charge < -0.3 is 10.2 Å². The van der Waals surface area contributed by atoms with Crippen molar-refractivity contribution in [2.75, 3.05) is 6.54 Å². The molecule has 1 unspecified atom stereocenters. The third-order valence-corrected chi connectivity index (χ3v) is 0.930. The second-order valence-corrected chi connectivity index (χ2v) is 1.83. The zero-order valence-electron chi connectivity index (χ0n) is 5.90. The van der Waals surface area contributed by atoms with Gasteiger partial charge in [0.15, 0.2) is 0 Å². The summed E-state index contributed by atoms with van der Waals surface area (Å²) in [4.78, 5) is 19.9. The highest BCUT2D eigenvalue weighted by molar-refractivity contribution is 5.85. The quantitative estimate of drug-likeness (QED) is 0.550. The van der Waals surface area contributed by atoms with Crippen LogP contribution < -0.4 is 5.32 Å². The Morgan fingerprint density at radius 2 is 1.91 bits per heavy atom. The van der Waals surface area contributed by atoms with Crippen LogP contribution in [0, 0.1) is 0 Å². The van der Waals surface area contributed by atoms with Gasteiger partial charge in [0.05, 0.1) is 6.54 Å². The first-order valence-electron chi connectivity index (χ1n) is 2.72. The lowest BCUT2D eigenvalue weighted by Gasteiger charge is -2.04. The van der Waals surface area contributed by atoms with Gasteiger partial charge in [-0.2, -0.15) is 0 Å². The van der Waals surface area contributed by atoms with E-state index < -0.39 is 18.0 Å². The van der Waals surface area contributed by atoms with E-state index in [9.17, 15) is 9.59 Å². The van der Waals surface area contributed by atoms with Crippen molar-refractivity contribution in [3.63, 3.8) is 0 Å². The maximum atomic E-state index is 10.1. The van der Waals surface area contributed by atoms with E-state index in [1.165, 1.54) is 6.92 Å². The first kappa shape index (κ1) is 12.8. The molecule has 0 aliphatic heterocycles. The largest absolute Gasteiger partial charge is 0.480 e. The van der Waals surface area contributed by atoms with E-state index in [0.29, 0.717) is 0 Å². The van der Waals surface area contributed by atoms with E-state index in [4.69, 9.17) is 10.2 Å². The normalized spacial score (nSPS) is 11.4. The Kier molecular flexibility index (Phi) is 6.92. The molecule has 11 heavy (non-hydrogen) atoms. The van der Waals surface area contributed by atoms with E-state index in [2.05, 4.69) is 5.32 Å². The van der Waals surface area contributed by atoms with Crippen LogP contribution in [0.2, 0.25) is 0 Å². The van der Waals surface area contributed by atoms with E-state index in [1.807, 2.05) is 0 Å². The Morgan fingerprint density at radius 3 is 2.18 bits per heavy atom. The third kappa shape index (κ3) is 7.08. The molecular formula is C5H10ClNO4. The minimum absolute atomic E-state index is 0. The standard InChI is InChI=1S/C5H9NO4.ClH/c1-3(5(9)10)6-2-4(7)8;/h3,6H,2H2,1H3,(H,7,8)(H,9,10);1H. The lowest BCUT2D eigenvalue weighted by atomic mass is 10.3. The Bertz CT molecular complexity index is 149. The van der Waals surface area contributed by atoms with E-state index in [1.54, 1.807) is 0 Å². The molecule has 0 aromatic carbocycles. The van der Waals surface area contributed by atoms with Gasteiger partial charge in [0.25, 0.3) is 0 Å². The summed E-state index contributed by atoms with van der Waals surface area (Å²) in [6.45, 7) is 1.05. The summed E-state index contributed by atoms with van der Waals surface area (Å²) in [5, 5.41) is 18.6. The van der Waals surface area contributed by atoms with Crippen molar-refractivity contribution < 1.29 is 19.8 Å². The van der Waals surface area contributed by atoms with Crippen LogP contribution in [-0.2, 0) is 9.59 Å². The number of aliphatic carboxylic acids is 2. The summed E-state index contributed by atoms with van der Waals surface area (Å²) in [5.74, 6) is -2.12. The number of carbonyl (C=O) groups is 2. The van der Waals surface area contributed by atoms with Crippen molar-refractivity contribution >= 4 is 24.3 Å². The fourth-order valence-corrected chi connectivity index (χ4v) is 0.328. The Balaban J connectivity index is 0. The molecule has 0 aliphatic carbocycles. The molecule has 0 radical (unpaired) electrons. The minimum atomic E-state index is -1.06. The highest BCUT2D eigenvalue weighted by Gasteiger charge is 2.10. The van der Waals surface area contributed by atoms with Crippen LogP contribution in [0.1, 0.15) is 6.92 Å². The average Bonchev–Trinajstić information content (AvgIpc) is 1.82. The summed E-state index contributed by atoms with van der Waals surface area (Å²) >= 11 is 0. The number of carboxylic acid groups (broad SMARTS) is 2. The molecule has 6 heteroatoms. The Morgan fingerprint density at radius 1 is 1.45 bits per heavy atom. The number of rotatable bonds is 4. The van der Waals surface area contributed by atoms with Crippen LogP contribution in [0.5, 0.6) is 0 Å². The van der Waals surface area contributed by atoms with Gasteiger partial charge in [-0.3, -0.25) is 14.9 Å². The molecule has 0 amide bonds. The van der Waals surface area contributed by atoms with Gasteiger partial charge >= 0.3 is 11.9 Å². The van der Waals surface area contributed by atoms with Gasteiger partial charge in [0, 0.05) is 0 Å². The highest BCUT2D eigenvalue weighted by Crippen LogP contribution is 1.78. The van der Waals surface area contributed by atoms with Gasteiger partial charge in [0.1, 0.15) is 6.04 Å². The minimum Gasteiger partial charge on any atom is -0.480 e. The van der Waals surface area contributed by atoms with Gasteiger partial charge in [-0.15, -0.1) is 12.4 Å². The molecular weight excluding hydrogens is 174 g/mol. The smallest absolute Gasteiger partial charge is 0.320 e. The molecule has 0 saturated heterocycles. The Labute approximate surface area is 69.8 Å². The highest BCUT2D eigenvalue weighted by atomic mass is 35.5. The number of hydrogen-bond donors (Lipinski definition) is 3. The van der Waals surface area contributed by atoms with E-state index in [-0.39, 0.29) is 19.0 Å². The van der Waals surface area contributed by atoms with E-state index >= 15 is 0 Å². The summed E-state index contributed by atoms with van der Waals surface area (Å²) in [6, 6.07) is -0.809. The van der Waals surface area contributed by atoms with Crippen LogP contribution in [0.4, 0.5) is 0 Å². The Hall–Kier alpha value is -0.810. The molecule has 3 N–H and O–H groups in total. The first-order valence-corrected chi connectivity index (χ1v) is 2.72. The van der Waals surface area contributed by atoms with Gasteiger partial charge in [-0.25, -0.2) is 0 Å². The molecule has 66 valence electrons. The molecule has 0 aromatic rings. The molecule has 0 aromatic heterocycles. The molecule has 0 saturated carbocycles. The van der Waals surface area contributed by atoms with Crippen molar-refractivity contribution in [3.05, 3.63) is 0 Å². The molecule has 0 fully saturated rings. The maximum Gasteiger partial charge on any atom is 0.320 e. The average molecular weight is 184 g/mol. The summed E-state index contributed by atoms with van der Waals surface area (Å²) in [6.07, 6.45) is 0. The lowest BCUT2D eigenvalue weighted by Crippen LogP contribution is -2.37. The van der Waals surface area contributed by atoms with Crippen molar-refractivity contribution in [3.8, 4) is 0 Å². The molecule has 0 heterocycles. The number of nitrogens with one attached hydrogen (secondary N) is 1. The topological polar surface area (TPSA) is 86.6 Å². The fourth-order valence-electron chi connectivity index (χ4n) is 0.328. The summed E-state index contributed by atoms with van der Waals surface area (Å²) in [5.41, 5.74) is 0. The van der Waals surface area contributed by atoms with Gasteiger partial charge in [-0.1, -0.05) is 0 Å². The van der Waals surface area contributed by atoms with Gasteiger partial charge in [0.2, 0.25) is 0 Å². The monoisotopic (exact) mass is 183 g/mol. The first-order chi connectivity index (χ1) is 4.54. The number of hydrogen-bond acceptors (Lipinski definition) is 3. The van der Waals surface area contributed by atoms with Crippen LogP contribution >= 0.6 is 12.4 Å². The van der Waals surface area contributed by atoms with Crippen LogP contribution in [0.25, 0.3) is 0 Å². The SMILES string of the molecule is CC(NCC(=O)O)C(=O)O.Cl. The maximum absolute atomic E-state index is 10.1. The summed E-state index contributed by atoms with van der Waals surface area (Å²) < 4.78 is 0. The number of carboxylic acids is 2. The van der Waals surface area contributed by atoms with Crippen molar-refractivity contribution in [2.24, 2.45) is 0 Å². The van der Waals surface area contributed by atoms with Crippen molar-refractivity contribution in [1.82, 2.24) is 5.32 Å². The molecule has 0 bridgehead atoms. The van der Waals surface area contributed by atoms with E-state index in [0.717, 1.165) is 0 Å². The second kappa shape index (κ2) is 5.94. The zero-order chi connectivity index (χ0) is 8.15.